The molecule has 0 saturated carbocycles. The molecule has 0 bridgehead atoms. The lowest BCUT2D eigenvalue weighted by atomic mass is 10.0. The highest BCUT2D eigenvalue weighted by molar-refractivity contribution is 14.0. The van der Waals surface area contributed by atoms with E-state index in [1.54, 1.807) is 19.2 Å². The van der Waals surface area contributed by atoms with Gasteiger partial charge in [0.15, 0.2) is 5.96 Å². The molecule has 0 unspecified atom stereocenters. The van der Waals surface area contributed by atoms with Crippen LogP contribution in [0.5, 0.6) is 0 Å². The summed E-state index contributed by atoms with van der Waals surface area (Å²) < 4.78 is 15.5. The summed E-state index contributed by atoms with van der Waals surface area (Å²) in [5, 5.41) is 11.6. The number of halogens is 2. The van der Waals surface area contributed by atoms with Gasteiger partial charge >= 0.3 is 0 Å². The molecule has 1 aliphatic heterocycles. The van der Waals surface area contributed by atoms with Crippen LogP contribution in [-0.4, -0.2) is 41.9 Å². The van der Waals surface area contributed by atoms with Gasteiger partial charge in [-0.25, -0.2) is 9.07 Å². The Morgan fingerprint density at radius 3 is 2.52 bits per heavy atom. The summed E-state index contributed by atoms with van der Waals surface area (Å²) in [5.41, 5.74) is 5.30. The molecular formula is C25H32FIN6. The summed E-state index contributed by atoms with van der Waals surface area (Å²) in [6.07, 6.45) is 1.94. The topological polar surface area (TPSA) is 57.5 Å². The first-order valence-corrected chi connectivity index (χ1v) is 11.1. The lowest BCUT2D eigenvalue weighted by molar-refractivity contribution is 0.461. The second-order valence-electron chi connectivity index (χ2n) is 8.28. The molecule has 0 atom stereocenters. The van der Waals surface area contributed by atoms with E-state index in [4.69, 9.17) is 0 Å². The van der Waals surface area contributed by atoms with E-state index in [2.05, 4.69) is 50.7 Å². The smallest absolute Gasteiger partial charge is 0.191 e. The number of benzene rings is 2. The minimum Gasteiger partial charge on any atom is -0.371 e. The normalized spacial score (nSPS) is 14.7. The van der Waals surface area contributed by atoms with Gasteiger partial charge in [-0.2, -0.15) is 5.10 Å². The summed E-state index contributed by atoms with van der Waals surface area (Å²) in [7, 11) is 1.80. The highest BCUT2D eigenvalue weighted by Gasteiger charge is 2.20. The van der Waals surface area contributed by atoms with Crippen LogP contribution in [-0.2, 0) is 6.54 Å². The van der Waals surface area contributed by atoms with E-state index in [0.717, 1.165) is 60.2 Å². The van der Waals surface area contributed by atoms with Gasteiger partial charge in [0, 0.05) is 44.1 Å². The van der Waals surface area contributed by atoms with Crippen LogP contribution in [0.25, 0.3) is 5.69 Å². The molecule has 8 heteroatoms. The van der Waals surface area contributed by atoms with Crippen molar-refractivity contribution in [2.45, 2.75) is 39.3 Å². The molecule has 0 amide bonds. The average Bonchev–Trinajstić information content (AvgIpc) is 3.15. The number of nitrogens with zero attached hydrogens (tertiary/aromatic N) is 4. The van der Waals surface area contributed by atoms with Crippen LogP contribution in [0.2, 0.25) is 0 Å². The van der Waals surface area contributed by atoms with Crippen LogP contribution in [0.1, 0.15) is 29.8 Å². The molecule has 6 nitrogen and oxygen atoms in total. The number of aryl methyl sites for hydroxylation is 2. The number of guanidine groups is 1. The maximum Gasteiger partial charge on any atom is 0.191 e. The number of anilines is 1. The summed E-state index contributed by atoms with van der Waals surface area (Å²) in [5.74, 6) is 0.602. The van der Waals surface area contributed by atoms with Crippen LogP contribution < -0.4 is 15.5 Å². The molecule has 1 fully saturated rings. The number of hydrogen-bond acceptors (Lipinski definition) is 3. The number of rotatable bonds is 5. The zero-order valence-electron chi connectivity index (χ0n) is 19.4. The monoisotopic (exact) mass is 562 g/mol. The van der Waals surface area contributed by atoms with Crippen LogP contribution in [0.15, 0.2) is 59.6 Å². The first-order valence-electron chi connectivity index (χ1n) is 11.1. The van der Waals surface area contributed by atoms with Crippen molar-refractivity contribution in [1.29, 1.82) is 0 Å². The summed E-state index contributed by atoms with van der Waals surface area (Å²) in [6, 6.07) is 17.5. The van der Waals surface area contributed by atoms with Crippen LogP contribution >= 0.6 is 24.0 Å². The Labute approximate surface area is 212 Å². The largest absolute Gasteiger partial charge is 0.371 e. The van der Waals surface area contributed by atoms with E-state index < -0.39 is 0 Å². The van der Waals surface area contributed by atoms with Gasteiger partial charge in [-0.15, -0.1) is 24.0 Å². The van der Waals surface area contributed by atoms with E-state index >= 15 is 0 Å². The molecule has 176 valence electrons. The molecule has 1 aliphatic rings. The van der Waals surface area contributed by atoms with E-state index in [1.165, 1.54) is 6.07 Å². The Balaban J connectivity index is 0.00000306. The van der Waals surface area contributed by atoms with Gasteiger partial charge in [-0.05, 0) is 62.6 Å². The van der Waals surface area contributed by atoms with Gasteiger partial charge in [-0.1, -0.05) is 24.3 Å². The van der Waals surface area contributed by atoms with E-state index in [-0.39, 0.29) is 29.8 Å². The third kappa shape index (κ3) is 6.25. The van der Waals surface area contributed by atoms with Gasteiger partial charge in [0.2, 0.25) is 0 Å². The van der Waals surface area contributed by atoms with E-state index in [9.17, 15) is 4.39 Å². The van der Waals surface area contributed by atoms with Crippen molar-refractivity contribution in [3.05, 3.63) is 77.4 Å². The number of piperidine rings is 1. The van der Waals surface area contributed by atoms with E-state index in [0.29, 0.717) is 12.6 Å². The summed E-state index contributed by atoms with van der Waals surface area (Å²) in [4.78, 5) is 6.66. The molecule has 33 heavy (non-hydrogen) atoms. The van der Waals surface area contributed by atoms with Crippen molar-refractivity contribution in [2.24, 2.45) is 4.99 Å². The molecule has 2 aromatic carbocycles. The maximum absolute atomic E-state index is 13.5. The Bertz CT molecular complexity index is 1090. The predicted octanol–water partition coefficient (Wildman–Crippen LogP) is 4.58. The van der Waals surface area contributed by atoms with Crippen molar-refractivity contribution in [3.8, 4) is 5.69 Å². The highest BCUT2D eigenvalue weighted by atomic mass is 127. The molecule has 0 radical (unpaired) electrons. The first-order chi connectivity index (χ1) is 15.5. The second kappa shape index (κ2) is 11.5. The molecule has 4 rings (SSSR count). The SMILES string of the molecule is CN=C(NCc1ccccc1-n1nc(C)cc1C)NC1CCN(c2cccc(F)c2)CC1.I. The summed E-state index contributed by atoms with van der Waals surface area (Å²) in [6.45, 7) is 6.50. The highest BCUT2D eigenvalue weighted by Crippen LogP contribution is 2.21. The van der Waals surface area contributed by atoms with Crippen LogP contribution in [0.4, 0.5) is 10.1 Å². The van der Waals surface area contributed by atoms with Crippen molar-refractivity contribution in [3.63, 3.8) is 0 Å². The molecule has 3 aromatic rings. The minimum absolute atomic E-state index is 0. The van der Waals surface area contributed by atoms with Crippen molar-refractivity contribution < 1.29 is 4.39 Å². The zero-order chi connectivity index (χ0) is 22.5. The molecule has 2 N–H and O–H groups in total. The fourth-order valence-corrected chi connectivity index (χ4v) is 4.26. The third-order valence-corrected chi connectivity index (χ3v) is 5.91. The predicted molar refractivity (Wildman–Crippen MR) is 143 cm³/mol. The standard InChI is InChI=1S/C25H31FN6.HI/c1-18-15-19(2)32(30-18)24-10-5-4-7-20(24)17-28-25(27-3)29-22-11-13-31(14-12-22)23-9-6-8-21(26)16-23;/h4-10,15-16,22H,11-14,17H2,1-3H3,(H2,27,28,29);1H. The maximum atomic E-state index is 13.5. The third-order valence-electron chi connectivity index (χ3n) is 5.91. The number of aliphatic imine (C=N–C) groups is 1. The Hall–Kier alpha value is -2.62. The van der Waals surface area contributed by atoms with Gasteiger partial charge < -0.3 is 15.5 Å². The van der Waals surface area contributed by atoms with Gasteiger partial charge in [-0.3, -0.25) is 4.99 Å². The van der Waals surface area contributed by atoms with Gasteiger partial charge in [0.1, 0.15) is 5.82 Å². The Morgan fingerprint density at radius 2 is 1.85 bits per heavy atom. The lowest BCUT2D eigenvalue weighted by Gasteiger charge is -2.34. The zero-order valence-corrected chi connectivity index (χ0v) is 21.7. The summed E-state index contributed by atoms with van der Waals surface area (Å²) >= 11 is 0. The minimum atomic E-state index is -0.187. The fraction of sp³-hybridized carbons (Fsp3) is 0.360. The lowest BCUT2D eigenvalue weighted by Crippen LogP contribution is -2.48. The Kier molecular flexibility index (Phi) is 8.71. The van der Waals surface area contributed by atoms with Gasteiger partial charge in [0.05, 0.1) is 11.4 Å². The first kappa shape index (κ1) is 25.0. The quantitative estimate of drug-likeness (QED) is 0.272. The van der Waals surface area contributed by atoms with E-state index in [1.807, 2.05) is 29.8 Å². The number of nitrogens with one attached hydrogen (secondary N) is 2. The number of aromatic nitrogens is 2. The van der Waals surface area contributed by atoms with Crippen LogP contribution in [0, 0.1) is 19.7 Å². The Morgan fingerprint density at radius 1 is 1.09 bits per heavy atom. The fourth-order valence-electron chi connectivity index (χ4n) is 4.26. The molecule has 0 spiro atoms. The van der Waals surface area contributed by atoms with Crippen LogP contribution in [0.3, 0.4) is 0 Å². The van der Waals surface area contributed by atoms with Crippen molar-refractivity contribution >= 4 is 35.6 Å². The molecule has 1 aromatic heterocycles. The number of para-hydroxylation sites is 1. The van der Waals surface area contributed by atoms with Gasteiger partial charge in [0.25, 0.3) is 0 Å². The molecule has 1 saturated heterocycles. The molecule has 0 aliphatic carbocycles. The molecule has 2 heterocycles. The van der Waals surface area contributed by atoms with Crippen molar-refractivity contribution in [1.82, 2.24) is 20.4 Å². The second-order valence-corrected chi connectivity index (χ2v) is 8.28. The molecular weight excluding hydrogens is 530 g/mol. The average molecular weight is 562 g/mol. The van der Waals surface area contributed by atoms with Crippen molar-refractivity contribution in [2.75, 3.05) is 25.0 Å². The number of hydrogen-bond donors (Lipinski definition) is 2.